The van der Waals surface area contributed by atoms with Gasteiger partial charge in [-0.2, -0.15) is 13.2 Å². The number of nitrogens with zero attached hydrogens (tertiary/aromatic N) is 2. The molecule has 0 aliphatic rings. The maximum Gasteiger partial charge on any atom is 0.429 e. The average Bonchev–Trinajstić information content (AvgIpc) is 3.36. The topological polar surface area (TPSA) is 98.3 Å². The zero-order valence-corrected chi connectivity index (χ0v) is 21.4. The molecule has 0 radical (unpaired) electrons. The predicted octanol–water partition coefficient (Wildman–Crippen LogP) is 6.80. The van der Waals surface area contributed by atoms with Crippen LogP contribution in [-0.2, 0) is 11.2 Å². The van der Waals surface area contributed by atoms with E-state index in [1.165, 1.54) is 42.5 Å². The molecule has 0 spiro atoms. The number of hydrogen-bond acceptors (Lipinski definition) is 6. The van der Waals surface area contributed by atoms with E-state index in [1.54, 1.807) is 35.7 Å². The van der Waals surface area contributed by atoms with Crippen LogP contribution < -0.4 is 10.5 Å². The molecule has 11 heteroatoms. The number of fused-ring (bicyclic) bond motifs is 1. The highest BCUT2D eigenvalue weighted by molar-refractivity contribution is 7.18. The molecular weight excluding hydrogens is 546 g/mol. The Morgan fingerprint density at radius 1 is 0.975 bits per heavy atom. The van der Waals surface area contributed by atoms with Gasteiger partial charge in [0.15, 0.2) is 0 Å². The van der Waals surface area contributed by atoms with Crippen molar-refractivity contribution in [1.82, 2.24) is 9.97 Å². The highest BCUT2D eigenvalue weighted by Gasteiger charge is 2.43. The molecule has 0 aliphatic heterocycles. The van der Waals surface area contributed by atoms with Crippen molar-refractivity contribution in [3.63, 3.8) is 0 Å². The van der Waals surface area contributed by atoms with Crippen molar-refractivity contribution in [2.75, 3.05) is 0 Å². The number of benzene rings is 3. The average molecular weight is 568 g/mol. The standard InChI is InChI=1S/C29H21F4N3O3S/c30-21-3-1-2-20(13-21)17-8-10-19(11-9-17)26(29(31,32)33)39-27-25-24(35-15-36-27)22(14-40-25)18-6-4-16(5-7-18)12-23(34)28(37)38/h1-11,13-15,23,26H,12,34H2,(H,37,38)/t23-,26?/m0/s1. The van der Waals surface area contributed by atoms with E-state index in [4.69, 9.17) is 15.6 Å². The number of rotatable bonds is 8. The lowest BCUT2D eigenvalue weighted by molar-refractivity contribution is -0.198. The number of carboxylic acid groups (broad SMARTS) is 1. The molecule has 0 saturated carbocycles. The molecule has 3 aromatic carbocycles. The minimum atomic E-state index is -4.75. The second-order valence-electron chi connectivity index (χ2n) is 9.02. The number of halogens is 4. The van der Waals surface area contributed by atoms with Crippen LogP contribution in [0, 0.1) is 5.82 Å². The second kappa shape index (κ2) is 11.0. The van der Waals surface area contributed by atoms with Crippen LogP contribution in [0.3, 0.4) is 0 Å². The molecule has 5 aromatic rings. The number of alkyl halides is 3. The lowest BCUT2D eigenvalue weighted by atomic mass is 10.0. The van der Waals surface area contributed by atoms with E-state index in [2.05, 4.69) is 9.97 Å². The fourth-order valence-corrected chi connectivity index (χ4v) is 5.19. The zero-order valence-electron chi connectivity index (χ0n) is 20.6. The normalized spacial score (nSPS) is 13.2. The number of carbonyl (C=O) groups is 1. The van der Waals surface area contributed by atoms with Gasteiger partial charge in [-0.15, -0.1) is 11.3 Å². The molecule has 5 rings (SSSR count). The lowest BCUT2D eigenvalue weighted by Gasteiger charge is -2.22. The van der Waals surface area contributed by atoms with Crippen LogP contribution in [0.2, 0.25) is 0 Å². The van der Waals surface area contributed by atoms with Gasteiger partial charge in [0.05, 0.1) is 5.52 Å². The number of carboxylic acids is 1. The van der Waals surface area contributed by atoms with E-state index in [9.17, 15) is 22.4 Å². The van der Waals surface area contributed by atoms with E-state index in [0.717, 1.165) is 28.8 Å². The molecule has 2 heterocycles. The molecule has 0 saturated heterocycles. The molecule has 0 fully saturated rings. The van der Waals surface area contributed by atoms with Crippen molar-refractivity contribution >= 4 is 27.5 Å². The largest absolute Gasteiger partial charge is 0.480 e. The summed E-state index contributed by atoms with van der Waals surface area (Å²) >= 11 is 1.15. The maximum absolute atomic E-state index is 14.2. The number of aromatic nitrogens is 2. The summed E-state index contributed by atoms with van der Waals surface area (Å²) in [5.74, 6) is -1.75. The van der Waals surface area contributed by atoms with Crippen LogP contribution in [0.4, 0.5) is 17.6 Å². The second-order valence-corrected chi connectivity index (χ2v) is 9.90. The molecule has 2 aromatic heterocycles. The summed E-state index contributed by atoms with van der Waals surface area (Å²) in [6.45, 7) is 0. The van der Waals surface area contributed by atoms with Gasteiger partial charge in [-0.25, -0.2) is 14.4 Å². The Hall–Kier alpha value is -4.35. The third-order valence-corrected chi connectivity index (χ3v) is 7.21. The first-order valence-corrected chi connectivity index (χ1v) is 12.9. The number of hydrogen-bond donors (Lipinski definition) is 2. The minimum absolute atomic E-state index is 0.133. The van der Waals surface area contributed by atoms with Crippen LogP contribution in [0.25, 0.3) is 32.5 Å². The number of aliphatic carboxylic acids is 1. The molecule has 0 aliphatic carbocycles. The zero-order chi connectivity index (χ0) is 28.4. The molecule has 40 heavy (non-hydrogen) atoms. The van der Waals surface area contributed by atoms with Crippen LogP contribution in [0.5, 0.6) is 5.88 Å². The van der Waals surface area contributed by atoms with Gasteiger partial charge in [0.2, 0.25) is 12.0 Å². The lowest BCUT2D eigenvalue weighted by Crippen LogP contribution is -2.32. The molecular formula is C29H21F4N3O3S. The number of ether oxygens (including phenoxy) is 1. The van der Waals surface area contributed by atoms with E-state index in [-0.39, 0.29) is 17.9 Å². The Morgan fingerprint density at radius 2 is 1.68 bits per heavy atom. The molecule has 1 unspecified atom stereocenters. The van der Waals surface area contributed by atoms with Gasteiger partial charge in [-0.1, -0.05) is 60.7 Å². The highest BCUT2D eigenvalue weighted by atomic mass is 32.1. The van der Waals surface area contributed by atoms with E-state index < -0.39 is 30.1 Å². The third kappa shape index (κ3) is 5.80. The van der Waals surface area contributed by atoms with E-state index >= 15 is 0 Å². The minimum Gasteiger partial charge on any atom is -0.480 e. The molecule has 204 valence electrons. The van der Waals surface area contributed by atoms with Crippen LogP contribution in [0.15, 0.2) is 84.5 Å². The summed E-state index contributed by atoms with van der Waals surface area (Å²) in [4.78, 5) is 19.3. The van der Waals surface area contributed by atoms with Gasteiger partial charge in [0, 0.05) is 16.5 Å². The summed E-state index contributed by atoms with van der Waals surface area (Å²) < 4.78 is 61.9. The Labute approximate surface area is 229 Å². The Morgan fingerprint density at radius 3 is 2.33 bits per heavy atom. The van der Waals surface area contributed by atoms with Crippen molar-refractivity contribution in [2.24, 2.45) is 5.73 Å². The predicted molar refractivity (Wildman–Crippen MR) is 143 cm³/mol. The van der Waals surface area contributed by atoms with Crippen molar-refractivity contribution in [3.8, 4) is 28.1 Å². The number of thiophene rings is 1. The van der Waals surface area contributed by atoms with E-state index in [1.807, 2.05) is 0 Å². The fraction of sp³-hybridized carbons (Fsp3) is 0.138. The Bertz CT molecular complexity index is 1650. The first kappa shape index (κ1) is 27.2. The third-order valence-electron chi connectivity index (χ3n) is 6.26. The molecule has 6 nitrogen and oxygen atoms in total. The van der Waals surface area contributed by atoms with Crippen molar-refractivity contribution in [2.45, 2.75) is 24.7 Å². The van der Waals surface area contributed by atoms with Gasteiger partial charge in [-0.05, 0) is 40.8 Å². The fourth-order valence-electron chi connectivity index (χ4n) is 4.23. The van der Waals surface area contributed by atoms with Crippen molar-refractivity contribution < 1.29 is 32.2 Å². The molecule has 0 bridgehead atoms. The molecule has 2 atom stereocenters. The van der Waals surface area contributed by atoms with Gasteiger partial charge in [0.25, 0.3) is 0 Å². The molecule has 3 N–H and O–H groups in total. The maximum atomic E-state index is 14.2. The van der Waals surface area contributed by atoms with Gasteiger partial charge < -0.3 is 15.6 Å². The smallest absolute Gasteiger partial charge is 0.429 e. The summed E-state index contributed by atoms with van der Waals surface area (Å²) in [5, 5.41) is 10.8. The number of nitrogens with two attached hydrogens (primary N) is 1. The first-order valence-electron chi connectivity index (χ1n) is 12.0. The van der Waals surface area contributed by atoms with Gasteiger partial charge >= 0.3 is 12.1 Å². The van der Waals surface area contributed by atoms with Crippen LogP contribution >= 0.6 is 11.3 Å². The summed E-state index contributed by atoms with van der Waals surface area (Å²) in [7, 11) is 0. The monoisotopic (exact) mass is 567 g/mol. The van der Waals surface area contributed by atoms with Gasteiger partial charge in [0.1, 0.15) is 22.9 Å². The van der Waals surface area contributed by atoms with Crippen molar-refractivity contribution in [1.29, 1.82) is 0 Å². The summed E-state index contributed by atoms with van der Waals surface area (Å²) in [6.07, 6.45) is -5.74. The van der Waals surface area contributed by atoms with Crippen molar-refractivity contribution in [3.05, 3.63) is 101 Å². The van der Waals surface area contributed by atoms with Gasteiger partial charge in [-0.3, -0.25) is 4.79 Å². The summed E-state index contributed by atoms with van der Waals surface area (Å²) in [6, 6.07) is 17.4. The Kier molecular flexibility index (Phi) is 7.51. The van der Waals surface area contributed by atoms with E-state index in [0.29, 0.717) is 26.9 Å². The van der Waals surface area contributed by atoms with Crippen LogP contribution in [0.1, 0.15) is 17.2 Å². The highest BCUT2D eigenvalue weighted by Crippen LogP contribution is 2.42. The molecule has 0 amide bonds. The van der Waals surface area contributed by atoms with Crippen LogP contribution in [-0.4, -0.2) is 33.3 Å². The first-order chi connectivity index (χ1) is 19.1. The quantitative estimate of drug-likeness (QED) is 0.200. The Balaban J connectivity index is 1.42. The summed E-state index contributed by atoms with van der Waals surface area (Å²) in [5.41, 5.74) is 9.13. The SMILES string of the molecule is N[C@@H](Cc1ccc(-c2csc3c(OC(c4ccc(-c5cccc(F)c5)cc4)C(F)(F)F)ncnc23)cc1)C(=O)O.